The van der Waals surface area contributed by atoms with E-state index in [0.29, 0.717) is 5.82 Å². The van der Waals surface area contributed by atoms with Crippen LogP contribution in [0.1, 0.15) is 18.5 Å². The van der Waals surface area contributed by atoms with Crippen molar-refractivity contribution in [2.75, 3.05) is 25.1 Å². The van der Waals surface area contributed by atoms with Crippen LogP contribution in [0.4, 0.5) is 11.5 Å². The van der Waals surface area contributed by atoms with Gasteiger partial charge in [-0.05, 0) is 18.9 Å². The summed E-state index contributed by atoms with van der Waals surface area (Å²) >= 11 is 0. The molecule has 0 bridgehead atoms. The van der Waals surface area contributed by atoms with Crippen molar-refractivity contribution >= 4 is 17.3 Å². The highest BCUT2D eigenvalue weighted by Gasteiger charge is 2.24. The van der Waals surface area contributed by atoms with Gasteiger partial charge in [-0.15, -0.1) is 0 Å². The molecule has 1 aliphatic rings. The van der Waals surface area contributed by atoms with Crippen molar-refractivity contribution < 1.29 is 14.9 Å². The van der Waals surface area contributed by atoms with E-state index in [4.69, 9.17) is 15.7 Å². The summed E-state index contributed by atoms with van der Waals surface area (Å²) in [5.74, 6) is 0.187. The van der Waals surface area contributed by atoms with Crippen LogP contribution in [0.2, 0.25) is 0 Å². The second-order valence-electron chi connectivity index (χ2n) is 4.70. The van der Waals surface area contributed by atoms with Crippen LogP contribution in [0.3, 0.4) is 0 Å². The zero-order valence-electron chi connectivity index (χ0n) is 11.6. The zero-order valence-corrected chi connectivity index (χ0v) is 11.6. The van der Waals surface area contributed by atoms with E-state index < -0.39 is 4.92 Å². The van der Waals surface area contributed by atoms with Crippen molar-refractivity contribution in [3.05, 3.63) is 27.9 Å². The Labute approximate surface area is 121 Å². The van der Waals surface area contributed by atoms with Gasteiger partial charge in [0.1, 0.15) is 5.82 Å². The second kappa shape index (κ2) is 6.35. The number of nitrogens with zero attached hydrogens (tertiary/aromatic N) is 4. The maximum absolute atomic E-state index is 11.0. The smallest absolute Gasteiger partial charge is 0.298 e. The molecule has 2 rings (SSSR count). The molecule has 1 aliphatic heterocycles. The van der Waals surface area contributed by atoms with Crippen molar-refractivity contribution in [1.29, 1.82) is 0 Å². The molecule has 21 heavy (non-hydrogen) atoms. The number of oxime groups is 1. The van der Waals surface area contributed by atoms with Crippen LogP contribution >= 0.6 is 0 Å². The van der Waals surface area contributed by atoms with Crippen LogP contribution in [-0.2, 0) is 4.74 Å². The molecular formula is C12H17N5O4. The number of hydrogen-bond donors (Lipinski definition) is 2. The van der Waals surface area contributed by atoms with E-state index in [-0.39, 0.29) is 23.3 Å². The Hall–Kier alpha value is -2.42. The Morgan fingerprint density at radius 2 is 2.24 bits per heavy atom. The van der Waals surface area contributed by atoms with Crippen LogP contribution in [0.5, 0.6) is 0 Å². The standard InChI is InChI=1S/C12H17N5O4/c1-21-8-4-6-16(7-5-8)10-3-2-9(17(19)20)11(14-10)12(13)15-18/h2-3,8,18H,4-7H2,1H3,(H2,13,15). The average Bonchev–Trinajstić information content (AvgIpc) is 2.53. The van der Waals surface area contributed by atoms with Gasteiger partial charge in [-0.25, -0.2) is 4.98 Å². The summed E-state index contributed by atoms with van der Waals surface area (Å²) < 4.78 is 5.30. The minimum Gasteiger partial charge on any atom is -0.409 e. The number of aromatic nitrogens is 1. The first-order valence-electron chi connectivity index (χ1n) is 6.48. The molecule has 0 saturated carbocycles. The fourth-order valence-electron chi connectivity index (χ4n) is 2.32. The molecule has 1 aromatic rings. The van der Waals surface area contributed by atoms with Gasteiger partial charge >= 0.3 is 0 Å². The van der Waals surface area contributed by atoms with Gasteiger partial charge in [0.2, 0.25) is 0 Å². The molecule has 0 atom stereocenters. The Morgan fingerprint density at radius 1 is 1.57 bits per heavy atom. The third-order valence-corrected chi connectivity index (χ3v) is 3.51. The van der Waals surface area contributed by atoms with E-state index in [1.807, 2.05) is 4.90 Å². The first kappa shape index (κ1) is 15.0. The van der Waals surface area contributed by atoms with E-state index in [1.54, 1.807) is 13.2 Å². The Morgan fingerprint density at radius 3 is 2.76 bits per heavy atom. The van der Waals surface area contributed by atoms with Crippen molar-refractivity contribution in [3.8, 4) is 0 Å². The summed E-state index contributed by atoms with van der Waals surface area (Å²) in [5, 5.41) is 22.5. The minimum absolute atomic E-state index is 0.131. The van der Waals surface area contributed by atoms with Gasteiger partial charge in [-0.3, -0.25) is 10.1 Å². The third kappa shape index (κ3) is 3.19. The molecule has 1 fully saturated rings. The van der Waals surface area contributed by atoms with Crippen LogP contribution < -0.4 is 10.6 Å². The molecule has 0 unspecified atom stereocenters. The Balaban J connectivity index is 2.28. The largest absolute Gasteiger partial charge is 0.409 e. The van der Waals surface area contributed by atoms with Crippen molar-refractivity contribution in [2.45, 2.75) is 18.9 Å². The Kier molecular flexibility index (Phi) is 4.53. The van der Waals surface area contributed by atoms with Gasteiger partial charge < -0.3 is 20.6 Å². The number of piperidine rings is 1. The fraction of sp³-hybridized carbons (Fsp3) is 0.500. The summed E-state index contributed by atoms with van der Waals surface area (Å²) in [6.07, 6.45) is 1.94. The number of ether oxygens (including phenoxy) is 1. The normalized spacial score (nSPS) is 17.0. The quantitative estimate of drug-likeness (QED) is 0.275. The van der Waals surface area contributed by atoms with Gasteiger partial charge in [0.25, 0.3) is 5.69 Å². The molecule has 9 heteroatoms. The second-order valence-corrected chi connectivity index (χ2v) is 4.70. The average molecular weight is 295 g/mol. The number of nitro groups is 1. The van der Waals surface area contributed by atoms with Crippen LogP contribution in [-0.4, -0.2) is 47.3 Å². The Bertz CT molecular complexity index is 555. The maximum Gasteiger partial charge on any atom is 0.298 e. The molecule has 0 aromatic carbocycles. The maximum atomic E-state index is 11.0. The first-order chi connectivity index (χ1) is 10.1. The van der Waals surface area contributed by atoms with Crippen LogP contribution in [0.15, 0.2) is 17.3 Å². The van der Waals surface area contributed by atoms with E-state index in [9.17, 15) is 10.1 Å². The zero-order chi connectivity index (χ0) is 15.4. The monoisotopic (exact) mass is 295 g/mol. The van der Waals surface area contributed by atoms with Crippen molar-refractivity contribution in [2.24, 2.45) is 10.9 Å². The molecule has 2 heterocycles. The molecule has 1 saturated heterocycles. The number of hydrogen-bond acceptors (Lipinski definition) is 7. The summed E-state index contributed by atoms with van der Waals surface area (Å²) in [4.78, 5) is 16.5. The number of rotatable bonds is 4. The number of pyridine rings is 1. The molecule has 9 nitrogen and oxygen atoms in total. The molecule has 0 amide bonds. The SMILES string of the molecule is COC1CCN(c2ccc([N+](=O)[O-])c(/C(N)=N/O)n2)CC1. The summed E-state index contributed by atoms with van der Waals surface area (Å²) in [5.41, 5.74) is 5.05. The molecule has 0 aliphatic carbocycles. The van der Waals surface area contributed by atoms with Gasteiger partial charge in [0.15, 0.2) is 11.5 Å². The highest BCUT2D eigenvalue weighted by Crippen LogP contribution is 2.24. The summed E-state index contributed by atoms with van der Waals surface area (Å²) in [6.45, 7) is 1.47. The molecule has 0 radical (unpaired) electrons. The lowest BCUT2D eigenvalue weighted by Gasteiger charge is -2.32. The minimum atomic E-state index is -0.610. The van der Waals surface area contributed by atoms with E-state index in [2.05, 4.69) is 10.1 Å². The molecular weight excluding hydrogens is 278 g/mol. The van der Waals surface area contributed by atoms with E-state index in [1.165, 1.54) is 6.07 Å². The topological polar surface area (TPSA) is 127 Å². The van der Waals surface area contributed by atoms with Gasteiger partial charge in [0, 0.05) is 26.3 Å². The molecule has 1 aromatic heterocycles. The lowest BCUT2D eigenvalue weighted by Crippen LogP contribution is -2.37. The van der Waals surface area contributed by atoms with Gasteiger partial charge in [0.05, 0.1) is 11.0 Å². The summed E-state index contributed by atoms with van der Waals surface area (Å²) in [6, 6.07) is 2.89. The lowest BCUT2D eigenvalue weighted by atomic mass is 10.1. The van der Waals surface area contributed by atoms with Gasteiger partial charge in [-0.1, -0.05) is 5.16 Å². The molecule has 114 valence electrons. The molecule has 0 spiro atoms. The van der Waals surface area contributed by atoms with E-state index in [0.717, 1.165) is 25.9 Å². The highest BCUT2D eigenvalue weighted by atomic mass is 16.6. The van der Waals surface area contributed by atoms with Crippen molar-refractivity contribution in [3.63, 3.8) is 0 Å². The number of methoxy groups -OCH3 is 1. The molecule has 3 N–H and O–H groups in total. The summed E-state index contributed by atoms with van der Waals surface area (Å²) in [7, 11) is 1.68. The van der Waals surface area contributed by atoms with Gasteiger partial charge in [-0.2, -0.15) is 0 Å². The number of anilines is 1. The number of nitrogens with two attached hydrogens (primary N) is 1. The fourth-order valence-corrected chi connectivity index (χ4v) is 2.32. The predicted octanol–water partition coefficient (Wildman–Crippen LogP) is 0.699. The third-order valence-electron chi connectivity index (χ3n) is 3.51. The highest BCUT2D eigenvalue weighted by molar-refractivity contribution is 5.99. The predicted molar refractivity (Wildman–Crippen MR) is 75.6 cm³/mol. The lowest BCUT2D eigenvalue weighted by molar-refractivity contribution is -0.385. The number of amidine groups is 1. The van der Waals surface area contributed by atoms with Crippen LogP contribution in [0.25, 0.3) is 0 Å². The van der Waals surface area contributed by atoms with E-state index >= 15 is 0 Å². The van der Waals surface area contributed by atoms with Crippen LogP contribution in [0, 0.1) is 10.1 Å². The van der Waals surface area contributed by atoms with Crippen molar-refractivity contribution in [1.82, 2.24) is 4.98 Å². The first-order valence-corrected chi connectivity index (χ1v) is 6.48.